The van der Waals surface area contributed by atoms with Crippen molar-refractivity contribution in [1.82, 2.24) is 5.32 Å². The second-order valence-electron chi connectivity index (χ2n) is 9.43. The van der Waals surface area contributed by atoms with E-state index in [1.165, 1.54) is 31.2 Å². The normalized spacial score (nSPS) is 23.0. The molecular formula is C25H41N. The third-order valence-corrected chi connectivity index (χ3v) is 6.81. The van der Waals surface area contributed by atoms with E-state index in [0.717, 1.165) is 0 Å². The fourth-order valence-electron chi connectivity index (χ4n) is 4.89. The van der Waals surface area contributed by atoms with Crippen molar-refractivity contribution in [3.63, 3.8) is 0 Å². The Morgan fingerprint density at radius 3 is 1.81 bits per heavy atom. The highest BCUT2D eigenvalue weighted by Crippen LogP contribution is 2.55. The molecule has 0 heterocycles. The lowest BCUT2D eigenvalue weighted by molar-refractivity contribution is 0.330. The van der Waals surface area contributed by atoms with Crippen molar-refractivity contribution in [2.75, 3.05) is 7.05 Å². The van der Waals surface area contributed by atoms with Gasteiger partial charge in [0.15, 0.2) is 0 Å². The number of nitrogens with one attached hydrogen (secondary N) is 1. The Hall–Kier alpha value is -1.08. The maximum absolute atomic E-state index is 3.56. The summed E-state index contributed by atoms with van der Waals surface area (Å²) in [7, 11) is 2.10. The molecule has 1 atom stereocenters. The average molecular weight is 356 g/mol. The molecular weight excluding hydrogens is 314 g/mol. The predicted octanol–water partition coefficient (Wildman–Crippen LogP) is 6.57. The molecule has 1 N–H and O–H groups in total. The SMILES string of the molecule is C/C=C\C(NC)C1(c2cc3c(cc2C)C(C)(C)CCC3(C)C)CC1.CC. The first kappa shape index (κ1) is 21.2. The van der Waals surface area contributed by atoms with E-state index in [1.807, 2.05) is 13.8 Å². The number of hydrogen-bond acceptors (Lipinski definition) is 1. The minimum atomic E-state index is 0.291. The standard InChI is InChI=1S/C23H35N.C2H6/c1-8-9-20(24-7)23(12-13-23)17-15-19-18(14-16(17)2)21(3,4)10-11-22(19,5)6;1-2/h8-9,14-15,20,24H,10-13H2,1-7H3;1-2H3/b9-8-;. The Morgan fingerprint density at radius 2 is 1.38 bits per heavy atom. The summed E-state index contributed by atoms with van der Waals surface area (Å²) in [6.07, 6.45) is 9.71. The van der Waals surface area contributed by atoms with Crippen LogP contribution in [0.1, 0.15) is 96.4 Å². The van der Waals surface area contributed by atoms with Crippen LogP contribution in [0.25, 0.3) is 0 Å². The number of hydrogen-bond donors (Lipinski definition) is 1. The topological polar surface area (TPSA) is 12.0 Å². The van der Waals surface area contributed by atoms with Gasteiger partial charge in [-0.3, -0.25) is 0 Å². The van der Waals surface area contributed by atoms with Gasteiger partial charge in [-0.2, -0.15) is 0 Å². The second-order valence-corrected chi connectivity index (χ2v) is 9.43. The molecule has 1 saturated carbocycles. The van der Waals surface area contributed by atoms with Gasteiger partial charge in [-0.05, 0) is 79.7 Å². The molecule has 1 aromatic carbocycles. The number of allylic oxidation sites excluding steroid dienone is 1. The minimum absolute atomic E-state index is 0.291. The summed E-state index contributed by atoms with van der Waals surface area (Å²) in [5, 5.41) is 3.56. The van der Waals surface area contributed by atoms with E-state index in [9.17, 15) is 0 Å². The van der Waals surface area contributed by atoms with E-state index in [2.05, 4.69) is 78.2 Å². The van der Waals surface area contributed by atoms with Crippen molar-refractivity contribution >= 4 is 0 Å². The van der Waals surface area contributed by atoms with Gasteiger partial charge in [-0.1, -0.05) is 65.8 Å². The van der Waals surface area contributed by atoms with E-state index in [0.29, 0.717) is 22.3 Å². The molecule has 0 saturated heterocycles. The number of aryl methyl sites for hydroxylation is 1. The second kappa shape index (κ2) is 7.50. The highest BCUT2D eigenvalue weighted by molar-refractivity contribution is 5.51. The van der Waals surface area contributed by atoms with Crippen LogP contribution in [-0.2, 0) is 16.2 Å². The van der Waals surface area contributed by atoms with Gasteiger partial charge < -0.3 is 5.32 Å². The summed E-state index contributed by atoms with van der Waals surface area (Å²) in [6.45, 7) is 18.2. The van der Waals surface area contributed by atoms with Crippen LogP contribution < -0.4 is 5.32 Å². The van der Waals surface area contributed by atoms with E-state index >= 15 is 0 Å². The number of fused-ring (bicyclic) bond motifs is 1. The fourth-order valence-corrected chi connectivity index (χ4v) is 4.89. The first-order valence-electron chi connectivity index (χ1n) is 10.6. The highest BCUT2D eigenvalue weighted by Gasteiger charge is 2.51. The molecule has 0 amide bonds. The zero-order chi connectivity index (χ0) is 19.8. The van der Waals surface area contributed by atoms with Crippen molar-refractivity contribution in [1.29, 1.82) is 0 Å². The number of likely N-dealkylation sites (N-methyl/N-ethyl adjacent to an activating group) is 1. The molecule has 0 bridgehead atoms. The lowest BCUT2D eigenvalue weighted by Gasteiger charge is -2.43. The molecule has 1 fully saturated rings. The van der Waals surface area contributed by atoms with E-state index in [4.69, 9.17) is 0 Å². The van der Waals surface area contributed by atoms with Crippen molar-refractivity contribution in [2.24, 2.45) is 0 Å². The largest absolute Gasteiger partial charge is 0.313 e. The van der Waals surface area contributed by atoms with Crippen LogP contribution >= 0.6 is 0 Å². The third kappa shape index (κ3) is 3.52. The quantitative estimate of drug-likeness (QED) is 0.603. The molecule has 0 aliphatic heterocycles. The molecule has 0 aromatic heterocycles. The summed E-state index contributed by atoms with van der Waals surface area (Å²) in [6, 6.07) is 5.56. The Morgan fingerprint density at radius 1 is 0.885 bits per heavy atom. The van der Waals surface area contributed by atoms with Gasteiger partial charge in [0.25, 0.3) is 0 Å². The molecule has 1 unspecified atom stereocenters. The van der Waals surface area contributed by atoms with Crippen molar-refractivity contribution < 1.29 is 0 Å². The smallest absolute Gasteiger partial charge is 0.0344 e. The lowest BCUT2D eigenvalue weighted by Crippen LogP contribution is -2.38. The first-order valence-corrected chi connectivity index (χ1v) is 10.6. The minimum Gasteiger partial charge on any atom is -0.313 e. The Kier molecular flexibility index (Phi) is 6.13. The van der Waals surface area contributed by atoms with Crippen LogP contribution in [0.2, 0.25) is 0 Å². The Labute approximate surface area is 162 Å². The molecule has 1 heteroatoms. The summed E-state index contributed by atoms with van der Waals surface area (Å²) >= 11 is 0. The molecule has 2 aliphatic rings. The van der Waals surface area contributed by atoms with Crippen molar-refractivity contribution in [3.05, 3.63) is 46.5 Å². The van der Waals surface area contributed by atoms with E-state index < -0.39 is 0 Å². The maximum atomic E-state index is 3.56. The van der Waals surface area contributed by atoms with Gasteiger partial charge in [0, 0.05) is 11.5 Å². The molecule has 26 heavy (non-hydrogen) atoms. The van der Waals surface area contributed by atoms with E-state index in [1.54, 1.807) is 16.7 Å². The lowest BCUT2D eigenvalue weighted by atomic mass is 9.62. The number of rotatable bonds is 4. The van der Waals surface area contributed by atoms with E-state index in [-0.39, 0.29) is 0 Å². The zero-order valence-corrected chi connectivity index (χ0v) is 18.7. The van der Waals surface area contributed by atoms with Gasteiger partial charge in [-0.25, -0.2) is 0 Å². The van der Waals surface area contributed by atoms with Gasteiger partial charge in [0.2, 0.25) is 0 Å². The predicted molar refractivity (Wildman–Crippen MR) is 116 cm³/mol. The van der Waals surface area contributed by atoms with Crippen molar-refractivity contribution in [3.8, 4) is 0 Å². The van der Waals surface area contributed by atoms with Crippen molar-refractivity contribution in [2.45, 2.75) is 103 Å². The first-order chi connectivity index (χ1) is 12.2. The molecule has 0 spiro atoms. The third-order valence-electron chi connectivity index (χ3n) is 6.81. The average Bonchev–Trinajstić information content (AvgIpc) is 3.40. The fraction of sp³-hybridized carbons (Fsp3) is 0.680. The monoisotopic (exact) mass is 355 g/mol. The van der Waals surface area contributed by atoms with Crippen LogP contribution in [0.5, 0.6) is 0 Å². The molecule has 1 aromatic rings. The maximum Gasteiger partial charge on any atom is 0.0344 e. The van der Waals surface area contributed by atoms with Gasteiger partial charge in [-0.15, -0.1) is 0 Å². The molecule has 3 rings (SSSR count). The zero-order valence-electron chi connectivity index (χ0n) is 18.7. The van der Waals surface area contributed by atoms with Gasteiger partial charge >= 0.3 is 0 Å². The van der Waals surface area contributed by atoms with Gasteiger partial charge in [0.1, 0.15) is 0 Å². The summed E-state index contributed by atoms with van der Waals surface area (Å²) in [5.41, 5.74) is 7.16. The van der Waals surface area contributed by atoms with Crippen LogP contribution in [0, 0.1) is 6.92 Å². The molecule has 1 nitrogen and oxygen atoms in total. The molecule has 0 radical (unpaired) electrons. The summed E-state index contributed by atoms with van der Waals surface area (Å²) in [5.74, 6) is 0. The number of benzene rings is 1. The summed E-state index contributed by atoms with van der Waals surface area (Å²) < 4.78 is 0. The highest BCUT2D eigenvalue weighted by atomic mass is 14.9. The molecule has 2 aliphatic carbocycles. The van der Waals surface area contributed by atoms with Crippen LogP contribution in [0.4, 0.5) is 0 Å². The van der Waals surface area contributed by atoms with Crippen LogP contribution in [0.15, 0.2) is 24.3 Å². The van der Waals surface area contributed by atoms with Crippen LogP contribution in [-0.4, -0.2) is 13.1 Å². The Bertz CT molecular complexity index is 659. The Balaban J connectivity index is 0.00000117. The van der Waals surface area contributed by atoms with Crippen LogP contribution in [0.3, 0.4) is 0 Å². The molecule has 146 valence electrons. The van der Waals surface area contributed by atoms with Gasteiger partial charge in [0.05, 0.1) is 0 Å². The summed E-state index contributed by atoms with van der Waals surface area (Å²) in [4.78, 5) is 0.